The van der Waals surface area contributed by atoms with Crippen molar-refractivity contribution in [3.63, 3.8) is 0 Å². The lowest BCUT2D eigenvalue weighted by Crippen LogP contribution is -2.10. The second-order valence-corrected chi connectivity index (χ2v) is 16.3. The van der Waals surface area contributed by atoms with E-state index >= 15 is 0 Å². The summed E-state index contributed by atoms with van der Waals surface area (Å²) < 4.78 is 2.31. The van der Waals surface area contributed by atoms with Crippen molar-refractivity contribution in [2.75, 3.05) is 0 Å². The smallest absolute Gasteiger partial charge is 0.0725 e. The minimum absolute atomic E-state index is 0.0401. The van der Waals surface area contributed by atoms with Crippen LogP contribution >= 0.6 is 0 Å². The fourth-order valence-electron chi connectivity index (χ4n) is 8.99. The van der Waals surface area contributed by atoms with E-state index in [0.717, 1.165) is 27.8 Å². The third-order valence-corrected chi connectivity index (χ3v) is 11.9. The van der Waals surface area contributed by atoms with Gasteiger partial charge in [0.15, 0.2) is 0 Å². The molecule has 0 amide bonds. The molecule has 0 spiro atoms. The maximum absolute atomic E-state index is 4.89. The van der Waals surface area contributed by atoms with Gasteiger partial charge in [-0.05, 0) is 124 Å². The molecule has 0 saturated heterocycles. The minimum atomic E-state index is 0.0401. The van der Waals surface area contributed by atoms with E-state index < -0.39 is 0 Å². The van der Waals surface area contributed by atoms with Crippen LogP contribution in [0.1, 0.15) is 26.3 Å². The van der Waals surface area contributed by atoms with Crippen LogP contribution in [0.3, 0.4) is 0 Å². The average molecular weight is 730 g/mol. The van der Waals surface area contributed by atoms with Crippen LogP contribution in [0.25, 0.3) is 104 Å². The molecule has 270 valence electrons. The third kappa shape index (κ3) is 5.42. The summed E-state index contributed by atoms with van der Waals surface area (Å²) in [7, 11) is 0. The zero-order chi connectivity index (χ0) is 38.3. The molecule has 0 saturated carbocycles. The predicted molar refractivity (Wildman–Crippen MR) is 241 cm³/mol. The number of hydrogen-bond donors (Lipinski definition) is 0. The molecule has 0 unspecified atom stereocenters. The van der Waals surface area contributed by atoms with Crippen LogP contribution in [-0.2, 0) is 5.41 Å². The SMILES string of the molecule is CC(C)(C)c1ccc2c(c1)c1ccncc1n2-c1cncc(-c2ccc3c(-c4ccc5ccccc5c4)c4ccccc4c(-c4ccc5ccccc5c4)c3c2)c1. The number of aromatic nitrogens is 3. The van der Waals surface area contributed by atoms with E-state index in [1.807, 2.05) is 24.8 Å². The highest BCUT2D eigenvalue weighted by atomic mass is 15.0. The van der Waals surface area contributed by atoms with Crippen molar-refractivity contribution >= 4 is 64.9 Å². The first kappa shape index (κ1) is 33.3. The summed E-state index contributed by atoms with van der Waals surface area (Å²) >= 11 is 0. The van der Waals surface area contributed by atoms with Crippen LogP contribution in [0.2, 0.25) is 0 Å². The molecule has 0 N–H and O–H groups in total. The maximum Gasteiger partial charge on any atom is 0.0725 e. The topological polar surface area (TPSA) is 30.7 Å². The van der Waals surface area contributed by atoms with Crippen molar-refractivity contribution in [1.82, 2.24) is 14.5 Å². The van der Waals surface area contributed by atoms with Crippen LogP contribution in [0.5, 0.6) is 0 Å². The maximum atomic E-state index is 4.89. The quantitative estimate of drug-likeness (QED) is 0.169. The van der Waals surface area contributed by atoms with E-state index in [1.165, 1.54) is 81.7 Å². The third-order valence-electron chi connectivity index (χ3n) is 11.9. The van der Waals surface area contributed by atoms with Gasteiger partial charge >= 0.3 is 0 Å². The van der Waals surface area contributed by atoms with Crippen LogP contribution < -0.4 is 0 Å². The van der Waals surface area contributed by atoms with Gasteiger partial charge in [-0.2, -0.15) is 0 Å². The Labute approximate surface area is 331 Å². The van der Waals surface area contributed by atoms with Gasteiger partial charge in [0.2, 0.25) is 0 Å². The Kier molecular flexibility index (Phi) is 7.42. The Morgan fingerprint density at radius 2 is 1.00 bits per heavy atom. The molecule has 0 aliphatic carbocycles. The zero-order valence-electron chi connectivity index (χ0n) is 32.2. The highest BCUT2D eigenvalue weighted by Crippen LogP contribution is 2.46. The highest BCUT2D eigenvalue weighted by molar-refractivity contribution is 6.22. The molecule has 11 rings (SSSR count). The molecule has 0 aliphatic rings. The van der Waals surface area contributed by atoms with E-state index in [9.17, 15) is 0 Å². The van der Waals surface area contributed by atoms with Crippen molar-refractivity contribution in [3.8, 4) is 39.1 Å². The zero-order valence-corrected chi connectivity index (χ0v) is 32.2. The number of hydrogen-bond acceptors (Lipinski definition) is 2. The Morgan fingerprint density at radius 3 is 1.68 bits per heavy atom. The number of pyridine rings is 2. The van der Waals surface area contributed by atoms with E-state index in [4.69, 9.17) is 4.98 Å². The first-order valence-electron chi connectivity index (χ1n) is 19.7. The number of rotatable bonds is 4. The van der Waals surface area contributed by atoms with Crippen molar-refractivity contribution < 1.29 is 0 Å². The molecule has 0 bridgehead atoms. The van der Waals surface area contributed by atoms with E-state index in [-0.39, 0.29) is 5.41 Å². The van der Waals surface area contributed by atoms with Gasteiger partial charge in [-0.3, -0.25) is 9.97 Å². The van der Waals surface area contributed by atoms with Crippen molar-refractivity contribution in [2.45, 2.75) is 26.2 Å². The summed E-state index contributed by atoms with van der Waals surface area (Å²) in [5.41, 5.74) is 11.7. The normalized spacial score (nSPS) is 12.1. The number of benzene rings is 8. The Bertz CT molecular complexity index is 3400. The van der Waals surface area contributed by atoms with Crippen LogP contribution in [-0.4, -0.2) is 14.5 Å². The Morgan fingerprint density at radius 1 is 0.386 bits per heavy atom. The minimum Gasteiger partial charge on any atom is -0.306 e. The van der Waals surface area contributed by atoms with Crippen molar-refractivity contribution in [3.05, 3.63) is 188 Å². The molecule has 57 heavy (non-hydrogen) atoms. The first-order valence-corrected chi connectivity index (χ1v) is 19.7. The lowest BCUT2D eigenvalue weighted by molar-refractivity contribution is 0.591. The molecule has 0 aliphatic heterocycles. The van der Waals surface area contributed by atoms with Crippen LogP contribution in [0.15, 0.2) is 183 Å². The molecule has 3 aromatic heterocycles. The lowest BCUT2D eigenvalue weighted by atomic mass is 9.84. The van der Waals surface area contributed by atoms with E-state index in [2.05, 4.69) is 188 Å². The molecule has 3 heteroatoms. The Hall–Kier alpha value is -7.10. The van der Waals surface area contributed by atoms with Gasteiger partial charge in [0.25, 0.3) is 0 Å². The lowest BCUT2D eigenvalue weighted by Gasteiger charge is -2.19. The molecule has 0 fully saturated rings. The van der Waals surface area contributed by atoms with Gasteiger partial charge < -0.3 is 4.57 Å². The van der Waals surface area contributed by atoms with Gasteiger partial charge in [0, 0.05) is 28.7 Å². The fraction of sp³-hybridized carbons (Fsp3) is 0.0741. The summed E-state index contributed by atoms with van der Waals surface area (Å²) in [5.74, 6) is 0. The van der Waals surface area contributed by atoms with E-state index in [1.54, 1.807) is 0 Å². The molecule has 0 radical (unpaired) electrons. The largest absolute Gasteiger partial charge is 0.306 e. The summed E-state index contributed by atoms with van der Waals surface area (Å²) in [6, 6.07) is 58.2. The van der Waals surface area contributed by atoms with Gasteiger partial charge in [-0.1, -0.05) is 136 Å². The fourth-order valence-corrected chi connectivity index (χ4v) is 8.99. The molecule has 3 heterocycles. The molecular formula is C54H39N3. The highest BCUT2D eigenvalue weighted by Gasteiger charge is 2.21. The van der Waals surface area contributed by atoms with Crippen LogP contribution in [0, 0.1) is 0 Å². The van der Waals surface area contributed by atoms with Gasteiger partial charge in [0.1, 0.15) is 0 Å². The molecule has 3 nitrogen and oxygen atoms in total. The van der Waals surface area contributed by atoms with Gasteiger partial charge in [-0.15, -0.1) is 0 Å². The summed E-state index contributed by atoms with van der Waals surface area (Å²) in [6.07, 6.45) is 7.84. The second-order valence-electron chi connectivity index (χ2n) is 16.3. The summed E-state index contributed by atoms with van der Waals surface area (Å²) in [5, 5.41) is 12.3. The van der Waals surface area contributed by atoms with E-state index in [0.29, 0.717) is 0 Å². The number of nitrogens with zero attached hydrogens (tertiary/aromatic N) is 3. The van der Waals surface area contributed by atoms with Crippen molar-refractivity contribution in [2.24, 2.45) is 0 Å². The van der Waals surface area contributed by atoms with Gasteiger partial charge in [0.05, 0.1) is 29.1 Å². The summed E-state index contributed by atoms with van der Waals surface area (Å²) in [4.78, 5) is 9.46. The molecule has 8 aromatic carbocycles. The van der Waals surface area contributed by atoms with Crippen LogP contribution in [0.4, 0.5) is 0 Å². The van der Waals surface area contributed by atoms with Gasteiger partial charge in [-0.25, -0.2) is 0 Å². The standard InChI is InChI=1S/C54H39N3/c1-54(2,3)42-21-23-50-48(30-42)44-24-25-55-33-51(44)57(50)43-28-41(31-56-32-43)38-20-22-47-49(29-38)53(40-19-17-35-11-5-7-13-37(35)27-40)46-15-9-8-14-45(46)52(47)39-18-16-34-10-4-6-12-36(34)26-39/h4-33H,1-3H3. The Balaban J connectivity index is 1.17. The molecule has 11 aromatic rings. The van der Waals surface area contributed by atoms with Crippen molar-refractivity contribution in [1.29, 1.82) is 0 Å². The molecule has 0 atom stereocenters. The molecular weight excluding hydrogens is 691 g/mol. The summed E-state index contributed by atoms with van der Waals surface area (Å²) in [6.45, 7) is 6.81. The second kappa shape index (κ2) is 12.7. The number of fused-ring (bicyclic) bond motifs is 7. The predicted octanol–water partition coefficient (Wildman–Crippen LogP) is 14.5. The average Bonchev–Trinajstić information content (AvgIpc) is 3.58. The monoisotopic (exact) mass is 729 g/mol. The first-order chi connectivity index (χ1) is 27.9.